The molecule has 5 heteroatoms. The topological polar surface area (TPSA) is 41.1 Å². The number of hydrogen-bond acceptors (Lipinski definition) is 4. The summed E-state index contributed by atoms with van der Waals surface area (Å²) >= 11 is 3.57. The molecule has 0 spiro atoms. The van der Waals surface area contributed by atoms with Crippen LogP contribution in [0.15, 0.2) is 41.1 Å². The first-order valence-electron chi connectivity index (χ1n) is 6.71. The van der Waals surface area contributed by atoms with Gasteiger partial charge in [0.05, 0.1) is 12.4 Å². The van der Waals surface area contributed by atoms with E-state index in [-0.39, 0.29) is 0 Å². The van der Waals surface area contributed by atoms with E-state index in [4.69, 9.17) is 0 Å². The van der Waals surface area contributed by atoms with Crippen LogP contribution in [0.3, 0.4) is 0 Å². The van der Waals surface area contributed by atoms with Gasteiger partial charge in [-0.3, -0.25) is 4.98 Å². The van der Waals surface area contributed by atoms with Gasteiger partial charge in [-0.25, -0.2) is 4.98 Å². The monoisotopic (exact) mass is 334 g/mol. The normalized spacial score (nSPS) is 10.3. The maximum Gasteiger partial charge on any atom is 0.149 e. The van der Waals surface area contributed by atoms with Gasteiger partial charge in [-0.2, -0.15) is 0 Å². The van der Waals surface area contributed by atoms with E-state index < -0.39 is 0 Å². The summed E-state index contributed by atoms with van der Waals surface area (Å²) in [6, 6.07) is 8.21. The van der Waals surface area contributed by atoms with Gasteiger partial charge in [0.1, 0.15) is 11.6 Å². The molecule has 2 rings (SSSR count). The largest absolute Gasteiger partial charge is 0.369 e. The molecular formula is C15H19BrN4. The fraction of sp³-hybridized carbons (Fsp3) is 0.333. The van der Waals surface area contributed by atoms with Crippen molar-refractivity contribution in [1.82, 2.24) is 9.97 Å². The van der Waals surface area contributed by atoms with Crippen LogP contribution in [0.1, 0.15) is 18.9 Å². The van der Waals surface area contributed by atoms with Crippen molar-refractivity contribution in [2.45, 2.75) is 19.9 Å². The second kappa shape index (κ2) is 7.24. The van der Waals surface area contributed by atoms with Crippen molar-refractivity contribution in [2.24, 2.45) is 0 Å². The summed E-state index contributed by atoms with van der Waals surface area (Å²) in [5.41, 5.74) is 1.23. The summed E-state index contributed by atoms with van der Waals surface area (Å²) in [5.74, 6) is 1.69. The van der Waals surface area contributed by atoms with Crippen LogP contribution in [-0.4, -0.2) is 23.6 Å². The fourth-order valence-corrected chi connectivity index (χ4v) is 2.25. The van der Waals surface area contributed by atoms with E-state index in [2.05, 4.69) is 49.1 Å². The Kier molecular flexibility index (Phi) is 5.35. The highest BCUT2D eigenvalue weighted by molar-refractivity contribution is 9.10. The first-order chi connectivity index (χ1) is 9.70. The van der Waals surface area contributed by atoms with E-state index in [0.717, 1.165) is 35.6 Å². The summed E-state index contributed by atoms with van der Waals surface area (Å²) < 4.78 is 1.11. The highest BCUT2D eigenvalue weighted by Crippen LogP contribution is 2.20. The summed E-state index contributed by atoms with van der Waals surface area (Å²) in [6.45, 7) is 3.82. The van der Waals surface area contributed by atoms with E-state index in [1.54, 1.807) is 12.4 Å². The van der Waals surface area contributed by atoms with E-state index in [1.807, 2.05) is 25.2 Å². The van der Waals surface area contributed by atoms with Crippen LogP contribution < -0.4 is 10.2 Å². The van der Waals surface area contributed by atoms with E-state index >= 15 is 0 Å². The zero-order valence-electron chi connectivity index (χ0n) is 11.8. The number of benzene rings is 1. The lowest BCUT2D eigenvalue weighted by atomic mass is 10.2. The zero-order valence-corrected chi connectivity index (χ0v) is 13.4. The Hall–Kier alpha value is -1.62. The molecule has 20 heavy (non-hydrogen) atoms. The lowest BCUT2D eigenvalue weighted by Crippen LogP contribution is -2.18. The van der Waals surface area contributed by atoms with Gasteiger partial charge in [-0.05, 0) is 18.1 Å². The molecule has 0 fully saturated rings. The molecule has 0 saturated carbocycles. The first kappa shape index (κ1) is 14.8. The summed E-state index contributed by atoms with van der Waals surface area (Å²) in [4.78, 5) is 10.9. The van der Waals surface area contributed by atoms with Crippen molar-refractivity contribution in [3.63, 3.8) is 0 Å². The Morgan fingerprint density at radius 2 is 2.05 bits per heavy atom. The van der Waals surface area contributed by atoms with Crippen molar-refractivity contribution in [3.05, 3.63) is 46.7 Å². The molecule has 0 atom stereocenters. The average molecular weight is 335 g/mol. The third-order valence-corrected chi connectivity index (χ3v) is 3.71. The highest BCUT2D eigenvalue weighted by Gasteiger charge is 2.07. The molecule has 0 aliphatic carbocycles. The molecule has 0 radical (unpaired) electrons. The van der Waals surface area contributed by atoms with Crippen molar-refractivity contribution in [3.8, 4) is 0 Å². The van der Waals surface area contributed by atoms with Gasteiger partial charge in [0.25, 0.3) is 0 Å². The highest BCUT2D eigenvalue weighted by atomic mass is 79.9. The van der Waals surface area contributed by atoms with Gasteiger partial charge in [0, 0.05) is 24.6 Å². The van der Waals surface area contributed by atoms with Crippen LogP contribution in [0.2, 0.25) is 0 Å². The van der Waals surface area contributed by atoms with Crippen LogP contribution in [0, 0.1) is 0 Å². The molecule has 0 amide bonds. The lowest BCUT2D eigenvalue weighted by molar-refractivity contribution is 0.882. The van der Waals surface area contributed by atoms with Gasteiger partial charge in [0.15, 0.2) is 0 Å². The molecule has 106 valence electrons. The minimum absolute atomic E-state index is 0.785. The van der Waals surface area contributed by atoms with Crippen LogP contribution in [0.5, 0.6) is 0 Å². The predicted octanol–water partition coefficient (Wildman–Crippen LogP) is 3.70. The Bertz CT molecular complexity index is 559. The standard InChI is InChI=1S/C15H19BrN4/c1-3-8-18-14-9-17-10-15(19-14)20(2)11-12-6-4-5-7-13(12)16/h4-7,9-10H,3,8,11H2,1-2H3,(H,18,19). The van der Waals surface area contributed by atoms with Crippen LogP contribution in [0.4, 0.5) is 11.6 Å². The Morgan fingerprint density at radius 1 is 1.25 bits per heavy atom. The molecule has 0 unspecified atom stereocenters. The average Bonchev–Trinajstić information content (AvgIpc) is 2.48. The van der Waals surface area contributed by atoms with Gasteiger partial charge < -0.3 is 10.2 Å². The maximum atomic E-state index is 4.57. The summed E-state index contributed by atoms with van der Waals surface area (Å²) in [6.07, 6.45) is 4.61. The zero-order chi connectivity index (χ0) is 14.4. The molecule has 1 N–H and O–H groups in total. The molecule has 0 aliphatic heterocycles. The predicted molar refractivity (Wildman–Crippen MR) is 87.1 cm³/mol. The van der Waals surface area contributed by atoms with Crippen molar-refractivity contribution < 1.29 is 0 Å². The number of halogens is 1. The SMILES string of the molecule is CCCNc1cncc(N(C)Cc2ccccc2Br)n1. The second-order valence-corrected chi connectivity index (χ2v) is 5.49. The first-order valence-corrected chi connectivity index (χ1v) is 7.50. The number of nitrogens with zero attached hydrogens (tertiary/aromatic N) is 3. The summed E-state index contributed by atoms with van der Waals surface area (Å²) in [5, 5.41) is 3.26. The lowest BCUT2D eigenvalue weighted by Gasteiger charge is -2.19. The molecular weight excluding hydrogens is 316 g/mol. The Labute approximate surface area is 128 Å². The Morgan fingerprint density at radius 3 is 2.80 bits per heavy atom. The molecule has 1 aromatic heterocycles. The number of rotatable bonds is 6. The van der Waals surface area contributed by atoms with Crippen molar-refractivity contribution in [1.29, 1.82) is 0 Å². The van der Waals surface area contributed by atoms with Gasteiger partial charge in [0.2, 0.25) is 0 Å². The van der Waals surface area contributed by atoms with E-state index in [9.17, 15) is 0 Å². The number of anilines is 2. The number of aromatic nitrogens is 2. The molecule has 1 heterocycles. The smallest absolute Gasteiger partial charge is 0.149 e. The van der Waals surface area contributed by atoms with Crippen molar-refractivity contribution >= 4 is 27.6 Å². The molecule has 4 nitrogen and oxygen atoms in total. The fourth-order valence-electron chi connectivity index (χ4n) is 1.84. The van der Waals surface area contributed by atoms with Gasteiger partial charge >= 0.3 is 0 Å². The molecule has 2 aromatic rings. The van der Waals surface area contributed by atoms with E-state index in [1.165, 1.54) is 5.56 Å². The van der Waals surface area contributed by atoms with Crippen LogP contribution in [-0.2, 0) is 6.54 Å². The molecule has 0 aliphatic rings. The Balaban J connectivity index is 2.09. The third kappa shape index (κ3) is 3.93. The van der Waals surface area contributed by atoms with Crippen LogP contribution in [0.25, 0.3) is 0 Å². The molecule has 1 aromatic carbocycles. The minimum atomic E-state index is 0.785. The quantitative estimate of drug-likeness (QED) is 0.874. The van der Waals surface area contributed by atoms with Crippen molar-refractivity contribution in [2.75, 3.05) is 23.8 Å². The number of nitrogens with one attached hydrogen (secondary N) is 1. The van der Waals surface area contributed by atoms with Gasteiger partial charge in [-0.15, -0.1) is 0 Å². The second-order valence-electron chi connectivity index (χ2n) is 4.64. The third-order valence-electron chi connectivity index (χ3n) is 2.93. The van der Waals surface area contributed by atoms with Crippen LogP contribution >= 0.6 is 15.9 Å². The summed E-state index contributed by atoms with van der Waals surface area (Å²) in [7, 11) is 2.02. The molecule has 0 saturated heterocycles. The minimum Gasteiger partial charge on any atom is -0.369 e. The molecule has 0 bridgehead atoms. The number of hydrogen-bond donors (Lipinski definition) is 1. The van der Waals surface area contributed by atoms with Gasteiger partial charge in [-0.1, -0.05) is 41.1 Å². The maximum absolute atomic E-state index is 4.57. The van der Waals surface area contributed by atoms with E-state index in [0.29, 0.717) is 0 Å².